The number of anilines is 1. The molecule has 2 rings (SSSR count). The summed E-state index contributed by atoms with van der Waals surface area (Å²) in [5.74, 6) is 0.745. The molecule has 0 aliphatic carbocycles. The highest BCUT2D eigenvalue weighted by atomic mass is 35.6. The molecule has 0 N–H and O–H groups in total. The van der Waals surface area contributed by atoms with E-state index in [-0.39, 0.29) is 0 Å². The molecule has 4 nitrogen and oxygen atoms in total. The van der Waals surface area contributed by atoms with Gasteiger partial charge in [-0.25, -0.2) is 4.84 Å². The van der Waals surface area contributed by atoms with E-state index in [9.17, 15) is 0 Å². The van der Waals surface area contributed by atoms with Crippen LogP contribution in [0.4, 0.5) is 5.69 Å². The fourth-order valence-corrected chi connectivity index (χ4v) is 1.55. The summed E-state index contributed by atoms with van der Waals surface area (Å²) >= 11 is 17.1. The minimum atomic E-state index is -1.54. The van der Waals surface area contributed by atoms with Crippen LogP contribution in [0.25, 0.3) is 0 Å². The smallest absolute Gasteiger partial charge is 0.224 e. The summed E-state index contributed by atoms with van der Waals surface area (Å²) in [7, 11) is 1.60. The Labute approximate surface area is 114 Å². The maximum Gasteiger partial charge on any atom is 0.224 e. The van der Waals surface area contributed by atoms with Crippen molar-refractivity contribution in [2.75, 3.05) is 12.3 Å². The lowest BCUT2D eigenvalue weighted by Crippen LogP contribution is -2.30. The first-order valence-corrected chi connectivity index (χ1v) is 5.86. The largest absolute Gasteiger partial charge is 0.497 e. The van der Waals surface area contributed by atoms with Gasteiger partial charge in [-0.1, -0.05) is 34.8 Å². The molecule has 1 atom stereocenters. The third-order valence-electron chi connectivity index (χ3n) is 2.14. The molecular formula is C10H9Cl3N2O2. The normalized spacial score (nSPS) is 19.8. The van der Waals surface area contributed by atoms with Crippen molar-refractivity contribution >= 4 is 46.7 Å². The average molecular weight is 296 g/mol. The van der Waals surface area contributed by atoms with Gasteiger partial charge in [-0.15, -0.1) is 5.17 Å². The van der Waals surface area contributed by atoms with Crippen molar-refractivity contribution in [1.29, 1.82) is 0 Å². The highest BCUT2D eigenvalue weighted by molar-refractivity contribution is 6.68. The number of nitrogens with zero attached hydrogens (tertiary/aromatic N) is 2. The average Bonchev–Trinajstić information content (AvgIpc) is 2.78. The van der Waals surface area contributed by atoms with Gasteiger partial charge >= 0.3 is 0 Å². The van der Waals surface area contributed by atoms with E-state index in [0.717, 1.165) is 11.4 Å². The molecule has 17 heavy (non-hydrogen) atoms. The fraction of sp³-hybridized carbons (Fsp3) is 0.300. The molecule has 0 radical (unpaired) electrons. The molecule has 0 spiro atoms. The van der Waals surface area contributed by atoms with Crippen LogP contribution < -0.4 is 9.91 Å². The minimum absolute atomic E-state index is 0.699. The van der Waals surface area contributed by atoms with Crippen molar-refractivity contribution in [1.82, 2.24) is 0 Å². The first-order valence-electron chi connectivity index (χ1n) is 4.72. The second kappa shape index (κ2) is 4.90. The van der Waals surface area contributed by atoms with Crippen LogP contribution in [0.15, 0.2) is 29.4 Å². The topological polar surface area (TPSA) is 34.1 Å². The highest BCUT2D eigenvalue weighted by Gasteiger charge is 2.37. The molecule has 0 bridgehead atoms. The van der Waals surface area contributed by atoms with Crippen molar-refractivity contribution in [3.63, 3.8) is 0 Å². The van der Waals surface area contributed by atoms with Crippen LogP contribution in [0.2, 0.25) is 0 Å². The van der Waals surface area contributed by atoms with E-state index in [1.807, 2.05) is 0 Å². The van der Waals surface area contributed by atoms with E-state index in [1.165, 1.54) is 11.4 Å². The lowest BCUT2D eigenvalue weighted by atomic mass is 10.3. The Morgan fingerprint density at radius 1 is 1.29 bits per heavy atom. The van der Waals surface area contributed by atoms with Crippen LogP contribution in [0, 0.1) is 0 Å². The second-order valence-electron chi connectivity index (χ2n) is 3.30. The Morgan fingerprint density at radius 2 is 1.94 bits per heavy atom. The van der Waals surface area contributed by atoms with Crippen molar-refractivity contribution in [3.8, 4) is 5.75 Å². The predicted octanol–water partition coefficient (Wildman–Crippen LogP) is 3.17. The van der Waals surface area contributed by atoms with Gasteiger partial charge in [0, 0.05) is 0 Å². The third-order valence-corrected chi connectivity index (χ3v) is 2.78. The number of methoxy groups -OCH3 is 1. The van der Waals surface area contributed by atoms with Crippen molar-refractivity contribution < 1.29 is 9.57 Å². The number of ether oxygens (including phenoxy) is 1. The molecule has 1 heterocycles. The Bertz CT molecular complexity index is 417. The number of hydrazone groups is 1. The number of alkyl halides is 3. The number of benzene rings is 1. The Kier molecular flexibility index (Phi) is 3.68. The number of rotatable bonds is 2. The van der Waals surface area contributed by atoms with Crippen LogP contribution in [-0.2, 0) is 4.84 Å². The first-order chi connectivity index (χ1) is 8.00. The zero-order valence-corrected chi connectivity index (χ0v) is 11.1. The van der Waals surface area contributed by atoms with Gasteiger partial charge in [0.05, 0.1) is 19.0 Å². The third kappa shape index (κ3) is 2.96. The molecule has 1 unspecified atom stereocenters. The van der Waals surface area contributed by atoms with Crippen LogP contribution in [0.5, 0.6) is 5.75 Å². The van der Waals surface area contributed by atoms with Gasteiger partial charge in [0.25, 0.3) is 0 Å². The molecule has 0 saturated heterocycles. The van der Waals surface area contributed by atoms with E-state index in [4.69, 9.17) is 44.4 Å². The van der Waals surface area contributed by atoms with Crippen LogP contribution in [0.1, 0.15) is 0 Å². The molecule has 1 aromatic carbocycles. The lowest BCUT2D eigenvalue weighted by Gasteiger charge is -2.19. The first kappa shape index (κ1) is 12.8. The van der Waals surface area contributed by atoms with Gasteiger partial charge in [0.2, 0.25) is 3.79 Å². The predicted molar refractivity (Wildman–Crippen MR) is 69.1 cm³/mol. The molecule has 0 amide bonds. The van der Waals surface area contributed by atoms with Gasteiger partial charge in [-0.05, 0) is 24.3 Å². The summed E-state index contributed by atoms with van der Waals surface area (Å²) in [4.78, 5) is 5.36. The van der Waals surface area contributed by atoms with Crippen molar-refractivity contribution in [3.05, 3.63) is 24.3 Å². The van der Waals surface area contributed by atoms with E-state index in [2.05, 4.69) is 5.10 Å². The van der Waals surface area contributed by atoms with E-state index in [1.54, 1.807) is 31.4 Å². The molecular weight excluding hydrogens is 286 g/mol. The molecule has 1 aliphatic heterocycles. The number of halogens is 3. The van der Waals surface area contributed by atoms with Crippen molar-refractivity contribution in [2.24, 2.45) is 5.10 Å². The van der Waals surface area contributed by atoms with Gasteiger partial charge in [-0.2, -0.15) is 5.10 Å². The SMILES string of the molecule is COc1ccc(N2N=CC(C(Cl)(Cl)Cl)O2)cc1. The Hall–Kier alpha value is -0.680. The molecule has 7 heteroatoms. The van der Waals surface area contributed by atoms with E-state index < -0.39 is 9.90 Å². The molecule has 92 valence electrons. The number of hydrogen-bond donors (Lipinski definition) is 0. The maximum absolute atomic E-state index is 5.71. The molecule has 1 aliphatic rings. The molecule has 1 aromatic rings. The van der Waals surface area contributed by atoms with Crippen molar-refractivity contribution in [2.45, 2.75) is 9.90 Å². The Morgan fingerprint density at radius 3 is 2.41 bits per heavy atom. The van der Waals surface area contributed by atoms with E-state index in [0.29, 0.717) is 0 Å². The number of hydrogen-bond acceptors (Lipinski definition) is 4. The summed E-state index contributed by atoms with van der Waals surface area (Å²) in [5, 5.41) is 5.30. The zero-order valence-electron chi connectivity index (χ0n) is 8.81. The lowest BCUT2D eigenvalue weighted by molar-refractivity contribution is 0.100. The molecule has 0 saturated carbocycles. The summed E-state index contributed by atoms with van der Waals surface area (Å²) in [6.07, 6.45) is 0.742. The maximum atomic E-state index is 5.71. The van der Waals surface area contributed by atoms with Crippen LogP contribution >= 0.6 is 34.8 Å². The molecule has 0 fully saturated rings. The summed E-state index contributed by atoms with van der Waals surface area (Å²) in [6.45, 7) is 0. The summed E-state index contributed by atoms with van der Waals surface area (Å²) in [5.41, 5.74) is 0.721. The highest BCUT2D eigenvalue weighted by Crippen LogP contribution is 2.35. The van der Waals surface area contributed by atoms with Crippen LogP contribution in [-0.4, -0.2) is 23.2 Å². The van der Waals surface area contributed by atoms with Crippen LogP contribution in [0.3, 0.4) is 0 Å². The fourth-order valence-electron chi connectivity index (χ4n) is 1.26. The summed E-state index contributed by atoms with van der Waals surface area (Å²) < 4.78 is 3.51. The minimum Gasteiger partial charge on any atom is -0.497 e. The van der Waals surface area contributed by atoms with Gasteiger partial charge in [0.15, 0.2) is 6.10 Å². The van der Waals surface area contributed by atoms with Gasteiger partial charge in [0.1, 0.15) is 5.75 Å². The zero-order chi connectivity index (χ0) is 12.5. The standard InChI is InChI=1S/C10H9Cl3N2O2/c1-16-8-4-2-7(3-5-8)15-14-6-9(17-15)10(11,12)13/h2-6,9H,1H3. The van der Waals surface area contributed by atoms with E-state index >= 15 is 0 Å². The van der Waals surface area contributed by atoms with Gasteiger partial charge < -0.3 is 4.74 Å². The second-order valence-corrected chi connectivity index (χ2v) is 5.67. The Balaban J connectivity index is 2.08. The monoisotopic (exact) mass is 294 g/mol. The molecule has 0 aromatic heterocycles. The quantitative estimate of drug-likeness (QED) is 0.786. The summed E-state index contributed by atoms with van der Waals surface area (Å²) in [6, 6.07) is 7.15. The van der Waals surface area contributed by atoms with Gasteiger partial charge in [-0.3, -0.25) is 0 Å².